The Hall–Kier alpha value is -1.47. The van der Waals surface area contributed by atoms with Crippen LogP contribution < -0.4 is 10.6 Å². The van der Waals surface area contributed by atoms with Crippen LogP contribution in [-0.2, 0) is 14.6 Å². The molecule has 0 spiro atoms. The average Bonchev–Trinajstić information content (AvgIpc) is 2.81. The molecule has 1 atom stereocenters. The van der Waals surface area contributed by atoms with Crippen molar-refractivity contribution >= 4 is 21.4 Å². The Kier molecular flexibility index (Phi) is 4.16. The fourth-order valence-corrected chi connectivity index (χ4v) is 2.60. The van der Waals surface area contributed by atoms with Crippen LogP contribution in [0.25, 0.3) is 0 Å². The second kappa shape index (κ2) is 5.66. The first-order valence-electron chi connectivity index (χ1n) is 6.12. The smallest absolute Gasteiger partial charge is 0.224 e. The van der Waals surface area contributed by atoms with Crippen LogP contribution in [-0.4, -0.2) is 38.7 Å². The zero-order valence-corrected chi connectivity index (χ0v) is 11.5. The van der Waals surface area contributed by atoms with Crippen LogP contribution in [0.2, 0.25) is 0 Å². The lowest BCUT2D eigenvalue weighted by Gasteiger charge is -2.09. The molecule has 1 aliphatic rings. The van der Waals surface area contributed by atoms with Crippen molar-refractivity contribution in [2.75, 3.05) is 24.7 Å². The highest BCUT2D eigenvalue weighted by Gasteiger charge is 2.18. The lowest BCUT2D eigenvalue weighted by Crippen LogP contribution is -2.18. The summed E-state index contributed by atoms with van der Waals surface area (Å²) in [6.45, 7) is 1.83. The first kappa shape index (κ1) is 14.0. The fourth-order valence-electron chi connectivity index (χ4n) is 2.04. The predicted molar refractivity (Wildman–Crippen MR) is 71.6 cm³/mol. The molecule has 1 fully saturated rings. The molecule has 0 saturated carbocycles. The average molecular weight is 283 g/mol. The molecule has 0 aromatic carbocycles. The number of carbonyl (C=O) groups excluding carboxylic acids is 1. The molecular weight excluding hydrogens is 266 g/mol. The lowest BCUT2D eigenvalue weighted by molar-refractivity contribution is -0.116. The summed E-state index contributed by atoms with van der Waals surface area (Å²) in [6, 6.07) is 2.94. The fraction of sp³-hybridized carbons (Fsp3) is 0.500. The Bertz CT molecular complexity index is 548. The molecule has 7 heteroatoms. The molecule has 1 amide bonds. The zero-order chi connectivity index (χ0) is 13.9. The van der Waals surface area contributed by atoms with Gasteiger partial charge in [-0.1, -0.05) is 0 Å². The number of hydrogen-bond acceptors (Lipinski definition) is 5. The SMILES string of the molecule is CS(=O)(=O)c1ccc(NC(=O)CC2CCNC2)cn1. The number of carbonyl (C=O) groups is 1. The number of sulfone groups is 1. The van der Waals surface area contributed by atoms with E-state index in [2.05, 4.69) is 15.6 Å². The van der Waals surface area contributed by atoms with Gasteiger partial charge in [-0.3, -0.25) is 4.79 Å². The van der Waals surface area contributed by atoms with Crippen molar-refractivity contribution < 1.29 is 13.2 Å². The molecule has 0 aliphatic carbocycles. The summed E-state index contributed by atoms with van der Waals surface area (Å²) in [5.41, 5.74) is 0.517. The van der Waals surface area contributed by atoms with Gasteiger partial charge in [0.2, 0.25) is 5.91 Å². The van der Waals surface area contributed by atoms with Crippen LogP contribution in [0, 0.1) is 5.92 Å². The van der Waals surface area contributed by atoms with E-state index in [4.69, 9.17) is 0 Å². The zero-order valence-electron chi connectivity index (χ0n) is 10.7. The van der Waals surface area contributed by atoms with Crippen LogP contribution in [0.1, 0.15) is 12.8 Å². The molecule has 0 radical (unpaired) electrons. The Morgan fingerprint density at radius 3 is 2.84 bits per heavy atom. The number of anilines is 1. The van der Waals surface area contributed by atoms with Crippen molar-refractivity contribution in [1.29, 1.82) is 0 Å². The number of nitrogens with one attached hydrogen (secondary N) is 2. The number of pyridine rings is 1. The number of amides is 1. The third-order valence-corrected chi connectivity index (χ3v) is 4.04. The summed E-state index contributed by atoms with van der Waals surface area (Å²) in [7, 11) is -3.30. The Morgan fingerprint density at radius 2 is 2.32 bits per heavy atom. The summed E-state index contributed by atoms with van der Waals surface area (Å²) in [5.74, 6) is 0.311. The van der Waals surface area contributed by atoms with E-state index in [1.807, 2.05) is 0 Å². The highest BCUT2D eigenvalue weighted by atomic mass is 32.2. The van der Waals surface area contributed by atoms with E-state index in [0.717, 1.165) is 25.8 Å². The van der Waals surface area contributed by atoms with Gasteiger partial charge >= 0.3 is 0 Å². The maximum atomic E-state index is 11.8. The maximum absolute atomic E-state index is 11.8. The molecule has 0 bridgehead atoms. The third-order valence-electron chi connectivity index (χ3n) is 3.04. The minimum atomic E-state index is -3.30. The van der Waals surface area contributed by atoms with E-state index >= 15 is 0 Å². The van der Waals surface area contributed by atoms with E-state index < -0.39 is 9.84 Å². The van der Waals surface area contributed by atoms with Gasteiger partial charge in [0.1, 0.15) is 0 Å². The Balaban J connectivity index is 1.93. The van der Waals surface area contributed by atoms with Crippen LogP contribution >= 0.6 is 0 Å². The summed E-state index contributed by atoms with van der Waals surface area (Å²) in [4.78, 5) is 15.6. The van der Waals surface area contributed by atoms with Gasteiger partial charge in [-0.25, -0.2) is 13.4 Å². The van der Waals surface area contributed by atoms with Gasteiger partial charge in [0.15, 0.2) is 14.9 Å². The van der Waals surface area contributed by atoms with Crippen molar-refractivity contribution in [3.63, 3.8) is 0 Å². The van der Waals surface area contributed by atoms with Crippen LogP contribution in [0.5, 0.6) is 0 Å². The second-order valence-electron chi connectivity index (χ2n) is 4.77. The number of nitrogens with zero attached hydrogens (tertiary/aromatic N) is 1. The van der Waals surface area contributed by atoms with Crippen molar-refractivity contribution in [1.82, 2.24) is 10.3 Å². The lowest BCUT2D eigenvalue weighted by atomic mass is 10.0. The van der Waals surface area contributed by atoms with Gasteiger partial charge in [-0.05, 0) is 37.6 Å². The summed E-state index contributed by atoms with van der Waals surface area (Å²) < 4.78 is 22.5. The van der Waals surface area contributed by atoms with Crippen LogP contribution in [0.3, 0.4) is 0 Å². The van der Waals surface area contributed by atoms with E-state index in [1.54, 1.807) is 6.07 Å². The molecule has 6 nitrogen and oxygen atoms in total. The van der Waals surface area contributed by atoms with E-state index in [0.29, 0.717) is 18.0 Å². The quantitative estimate of drug-likeness (QED) is 0.836. The highest BCUT2D eigenvalue weighted by molar-refractivity contribution is 7.90. The van der Waals surface area contributed by atoms with Gasteiger partial charge < -0.3 is 10.6 Å². The summed E-state index contributed by atoms with van der Waals surface area (Å²) in [6.07, 6.45) is 3.95. The van der Waals surface area contributed by atoms with E-state index in [9.17, 15) is 13.2 Å². The van der Waals surface area contributed by atoms with Gasteiger partial charge in [-0.15, -0.1) is 0 Å². The van der Waals surface area contributed by atoms with Crippen molar-refractivity contribution in [2.24, 2.45) is 5.92 Å². The minimum Gasteiger partial charge on any atom is -0.325 e. The molecule has 2 N–H and O–H groups in total. The van der Waals surface area contributed by atoms with Crippen molar-refractivity contribution in [2.45, 2.75) is 17.9 Å². The van der Waals surface area contributed by atoms with E-state index in [-0.39, 0.29) is 10.9 Å². The first-order chi connectivity index (χ1) is 8.95. The van der Waals surface area contributed by atoms with Gasteiger partial charge in [0, 0.05) is 12.7 Å². The minimum absolute atomic E-state index is 0.00509. The molecule has 19 heavy (non-hydrogen) atoms. The molecule has 104 valence electrons. The third kappa shape index (κ3) is 4.00. The summed E-state index contributed by atoms with van der Waals surface area (Å²) >= 11 is 0. The second-order valence-corrected chi connectivity index (χ2v) is 6.73. The summed E-state index contributed by atoms with van der Waals surface area (Å²) in [5, 5.41) is 5.94. The van der Waals surface area contributed by atoms with Gasteiger partial charge in [0.25, 0.3) is 0 Å². The topological polar surface area (TPSA) is 88.2 Å². The van der Waals surface area contributed by atoms with Crippen LogP contribution in [0.4, 0.5) is 5.69 Å². The standard InChI is InChI=1S/C12H17N3O3S/c1-19(17,18)12-3-2-10(8-14-12)15-11(16)6-9-4-5-13-7-9/h2-3,8-9,13H,4-7H2,1H3,(H,15,16). The molecule has 1 aromatic heterocycles. The predicted octanol–water partition coefficient (Wildman–Crippen LogP) is 0.423. The van der Waals surface area contributed by atoms with Gasteiger partial charge in [0.05, 0.1) is 11.9 Å². The Morgan fingerprint density at radius 1 is 1.53 bits per heavy atom. The maximum Gasteiger partial charge on any atom is 0.224 e. The highest BCUT2D eigenvalue weighted by Crippen LogP contribution is 2.15. The van der Waals surface area contributed by atoms with Crippen LogP contribution in [0.15, 0.2) is 23.4 Å². The molecule has 1 saturated heterocycles. The first-order valence-corrected chi connectivity index (χ1v) is 8.01. The largest absolute Gasteiger partial charge is 0.325 e. The van der Waals surface area contributed by atoms with Crippen molar-refractivity contribution in [3.8, 4) is 0 Å². The molecule has 1 unspecified atom stereocenters. The Labute approximate surface area is 112 Å². The van der Waals surface area contributed by atoms with Gasteiger partial charge in [-0.2, -0.15) is 0 Å². The van der Waals surface area contributed by atoms with E-state index in [1.165, 1.54) is 12.3 Å². The number of rotatable bonds is 4. The van der Waals surface area contributed by atoms with Crippen molar-refractivity contribution in [3.05, 3.63) is 18.3 Å². The molecule has 1 aromatic rings. The molecule has 2 rings (SSSR count). The molecule has 1 aliphatic heterocycles. The number of hydrogen-bond donors (Lipinski definition) is 2. The normalized spacial score (nSPS) is 19.3. The monoisotopic (exact) mass is 283 g/mol. The number of aromatic nitrogens is 1. The molecular formula is C12H17N3O3S. The molecule has 2 heterocycles.